The number of halogens is 1. The van der Waals surface area contributed by atoms with Gasteiger partial charge in [-0.1, -0.05) is 41.9 Å². The summed E-state index contributed by atoms with van der Waals surface area (Å²) in [7, 11) is 0. The van der Waals surface area contributed by atoms with E-state index in [1.54, 1.807) is 12.1 Å². The summed E-state index contributed by atoms with van der Waals surface area (Å²) in [6.45, 7) is 2.12. The quantitative estimate of drug-likeness (QED) is 0.850. The summed E-state index contributed by atoms with van der Waals surface area (Å²) < 4.78 is 5.75. The van der Waals surface area contributed by atoms with Crippen LogP contribution in [0.25, 0.3) is 0 Å². The molecule has 2 fully saturated rings. The maximum absolute atomic E-state index is 12.5. The number of piperazine rings is 1. The van der Waals surface area contributed by atoms with Crippen LogP contribution in [-0.2, 0) is 16.1 Å². The monoisotopic (exact) mass is 355 g/mol. The van der Waals surface area contributed by atoms with Crippen LogP contribution in [0.15, 0.2) is 59.6 Å². The highest BCUT2D eigenvalue weighted by Crippen LogP contribution is 2.24. The minimum Gasteiger partial charge on any atom is -0.463 e. The lowest BCUT2D eigenvalue weighted by Gasteiger charge is -2.36. The number of hydrogen-bond acceptors (Lipinski definition) is 3. The molecule has 1 amide bonds. The summed E-state index contributed by atoms with van der Waals surface area (Å²) in [6, 6.07) is 17.9. The number of amides is 1. The molecule has 6 heteroatoms. The molecular weight excluding hydrogens is 338 g/mol. The SMILES string of the molecule is O=C1CN2C(=Nc3ccc(Cl)cc3)OCC2CN1Cc1ccccc1. The number of amidine groups is 1. The Kier molecular flexibility index (Phi) is 4.32. The van der Waals surface area contributed by atoms with Gasteiger partial charge in [0.2, 0.25) is 5.91 Å². The summed E-state index contributed by atoms with van der Waals surface area (Å²) in [5, 5.41) is 0.666. The smallest absolute Gasteiger partial charge is 0.293 e. The van der Waals surface area contributed by atoms with Gasteiger partial charge in [-0.3, -0.25) is 4.79 Å². The Hall–Kier alpha value is -2.53. The zero-order chi connectivity index (χ0) is 17.2. The number of carbonyl (C=O) groups is 1. The van der Waals surface area contributed by atoms with E-state index < -0.39 is 0 Å². The van der Waals surface area contributed by atoms with Crippen molar-refractivity contribution in [2.45, 2.75) is 12.6 Å². The van der Waals surface area contributed by atoms with E-state index >= 15 is 0 Å². The Balaban J connectivity index is 1.47. The number of hydrogen-bond donors (Lipinski definition) is 0. The zero-order valence-corrected chi connectivity index (χ0v) is 14.4. The maximum atomic E-state index is 12.5. The van der Waals surface area contributed by atoms with Crippen molar-refractivity contribution in [3.05, 3.63) is 65.2 Å². The molecule has 5 nitrogen and oxygen atoms in total. The average molecular weight is 356 g/mol. The number of ether oxygens (including phenoxy) is 1. The van der Waals surface area contributed by atoms with Crippen molar-refractivity contribution < 1.29 is 9.53 Å². The highest BCUT2D eigenvalue weighted by molar-refractivity contribution is 6.30. The fourth-order valence-electron chi connectivity index (χ4n) is 3.13. The van der Waals surface area contributed by atoms with Crippen LogP contribution in [0.4, 0.5) is 5.69 Å². The predicted molar refractivity (Wildman–Crippen MR) is 96.9 cm³/mol. The molecular formula is C19H18ClN3O2. The van der Waals surface area contributed by atoms with Gasteiger partial charge in [-0.15, -0.1) is 0 Å². The predicted octanol–water partition coefficient (Wildman–Crippen LogP) is 3.07. The number of benzene rings is 2. The molecule has 1 atom stereocenters. The minimum atomic E-state index is 0.0920. The summed E-state index contributed by atoms with van der Waals surface area (Å²) in [4.78, 5) is 20.9. The van der Waals surface area contributed by atoms with Crippen molar-refractivity contribution in [3.63, 3.8) is 0 Å². The normalized spacial score (nSPS) is 21.4. The van der Waals surface area contributed by atoms with E-state index in [-0.39, 0.29) is 11.9 Å². The first-order chi connectivity index (χ1) is 12.2. The summed E-state index contributed by atoms with van der Waals surface area (Å²) in [5.74, 6) is 0.0920. The van der Waals surface area contributed by atoms with E-state index in [9.17, 15) is 4.79 Å². The first-order valence-corrected chi connectivity index (χ1v) is 8.62. The molecule has 25 heavy (non-hydrogen) atoms. The second-order valence-corrected chi connectivity index (χ2v) is 6.66. The van der Waals surface area contributed by atoms with E-state index in [4.69, 9.17) is 16.3 Å². The number of carbonyl (C=O) groups excluding carboxylic acids is 1. The zero-order valence-electron chi connectivity index (χ0n) is 13.6. The van der Waals surface area contributed by atoms with Crippen LogP contribution in [0.2, 0.25) is 5.02 Å². The third-order valence-electron chi connectivity index (χ3n) is 4.45. The molecule has 0 aromatic heterocycles. The molecule has 0 radical (unpaired) electrons. The van der Waals surface area contributed by atoms with Gasteiger partial charge in [-0.05, 0) is 29.8 Å². The number of fused-ring (bicyclic) bond motifs is 1. The van der Waals surface area contributed by atoms with Crippen molar-refractivity contribution in [3.8, 4) is 0 Å². The number of rotatable bonds is 3. The fraction of sp³-hybridized carbons (Fsp3) is 0.263. The third kappa shape index (κ3) is 3.46. The van der Waals surface area contributed by atoms with Crippen LogP contribution < -0.4 is 0 Å². The lowest BCUT2D eigenvalue weighted by atomic mass is 10.1. The van der Waals surface area contributed by atoms with E-state index in [2.05, 4.69) is 4.99 Å². The first kappa shape index (κ1) is 16.0. The molecule has 2 saturated heterocycles. The van der Waals surface area contributed by atoms with Crippen molar-refractivity contribution >= 4 is 29.2 Å². The van der Waals surface area contributed by atoms with Crippen molar-refractivity contribution in [2.75, 3.05) is 19.7 Å². The van der Waals surface area contributed by atoms with E-state index in [0.717, 1.165) is 11.3 Å². The molecule has 1 unspecified atom stereocenters. The van der Waals surface area contributed by atoms with Gasteiger partial charge < -0.3 is 14.5 Å². The van der Waals surface area contributed by atoms with Gasteiger partial charge in [0.25, 0.3) is 6.02 Å². The summed E-state index contributed by atoms with van der Waals surface area (Å²) >= 11 is 5.90. The number of aliphatic imine (C=N–C) groups is 1. The van der Waals surface area contributed by atoms with Crippen molar-refractivity contribution in [1.82, 2.24) is 9.80 Å². The standard InChI is InChI=1S/C19H18ClN3O2/c20-15-6-8-16(9-7-15)21-19-23-12-18(24)22(11-17(23)13-25-19)10-14-4-2-1-3-5-14/h1-9,17H,10-13H2. The van der Waals surface area contributed by atoms with Gasteiger partial charge in [-0.25, -0.2) is 0 Å². The van der Waals surface area contributed by atoms with E-state index in [1.165, 1.54) is 0 Å². The van der Waals surface area contributed by atoms with Crippen LogP contribution in [0.1, 0.15) is 5.56 Å². The summed E-state index contributed by atoms with van der Waals surface area (Å²) in [5.41, 5.74) is 1.90. The van der Waals surface area contributed by atoms with Crippen LogP contribution >= 0.6 is 11.6 Å². The maximum Gasteiger partial charge on any atom is 0.293 e. The molecule has 0 saturated carbocycles. The molecule has 0 N–H and O–H groups in total. The van der Waals surface area contributed by atoms with Gasteiger partial charge in [0.15, 0.2) is 0 Å². The van der Waals surface area contributed by atoms with Crippen LogP contribution in [0.3, 0.4) is 0 Å². The molecule has 2 heterocycles. The van der Waals surface area contributed by atoms with Crippen LogP contribution in [-0.4, -0.2) is 47.5 Å². The third-order valence-corrected chi connectivity index (χ3v) is 4.70. The van der Waals surface area contributed by atoms with Crippen molar-refractivity contribution in [1.29, 1.82) is 0 Å². The Morgan fingerprint density at radius 2 is 1.88 bits per heavy atom. The largest absolute Gasteiger partial charge is 0.463 e. The summed E-state index contributed by atoms with van der Waals surface area (Å²) in [6.07, 6.45) is 0. The number of nitrogens with zero attached hydrogens (tertiary/aromatic N) is 3. The average Bonchev–Trinajstić information content (AvgIpc) is 3.00. The Morgan fingerprint density at radius 3 is 2.64 bits per heavy atom. The Bertz CT molecular complexity index is 792. The molecule has 0 spiro atoms. The van der Waals surface area contributed by atoms with Crippen LogP contribution in [0, 0.1) is 0 Å². The van der Waals surface area contributed by atoms with E-state index in [0.29, 0.717) is 37.3 Å². The molecule has 0 aliphatic carbocycles. The Labute approximate surface area is 151 Å². The fourth-order valence-corrected chi connectivity index (χ4v) is 3.25. The Morgan fingerprint density at radius 1 is 1.12 bits per heavy atom. The van der Waals surface area contributed by atoms with Gasteiger partial charge in [0.05, 0.1) is 11.7 Å². The molecule has 2 aromatic rings. The molecule has 2 aliphatic heterocycles. The van der Waals surface area contributed by atoms with Crippen LogP contribution in [0.5, 0.6) is 0 Å². The van der Waals surface area contributed by atoms with Gasteiger partial charge in [-0.2, -0.15) is 4.99 Å². The highest BCUT2D eigenvalue weighted by Gasteiger charge is 2.39. The lowest BCUT2D eigenvalue weighted by Crippen LogP contribution is -2.55. The van der Waals surface area contributed by atoms with Gasteiger partial charge in [0.1, 0.15) is 13.2 Å². The molecule has 2 aromatic carbocycles. The highest BCUT2D eigenvalue weighted by atomic mass is 35.5. The van der Waals surface area contributed by atoms with Gasteiger partial charge in [0, 0.05) is 18.1 Å². The molecule has 0 bridgehead atoms. The first-order valence-electron chi connectivity index (χ1n) is 8.24. The molecule has 2 aliphatic rings. The van der Waals surface area contributed by atoms with Gasteiger partial charge >= 0.3 is 0 Å². The molecule has 128 valence electrons. The van der Waals surface area contributed by atoms with E-state index in [1.807, 2.05) is 52.3 Å². The minimum absolute atomic E-state index is 0.0920. The second kappa shape index (κ2) is 6.76. The second-order valence-electron chi connectivity index (χ2n) is 6.22. The topological polar surface area (TPSA) is 45.1 Å². The molecule has 4 rings (SSSR count). The van der Waals surface area contributed by atoms with Crippen molar-refractivity contribution in [2.24, 2.45) is 4.99 Å². The lowest BCUT2D eigenvalue weighted by molar-refractivity contribution is -0.136.